The Labute approximate surface area is 304 Å². The van der Waals surface area contributed by atoms with Crippen molar-refractivity contribution in [2.45, 2.75) is 15.2 Å². The Morgan fingerprint density at radius 2 is 1.00 bits per heavy atom. The van der Waals surface area contributed by atoms with Crippen LogP contribution in [0.4, 0.5) is 0 Å². The van der Waals surface area contributed by atoms with E-state index < -0.39 is 5.41 Å². The van der Waals surface area contributed by atoms with E-state index in [1.165, 1.54) is 63.3 Å². The van der Waals surface area contributed by atoms with Crippen LogP contribution in [0.2, 0.25) is 0 Å². The maximum atomic E-state index is 5.30. The number of nitrogens with zero attached hydrogens (tertiary/aromatic N) is 2. The van der Waals surface area contributed by atoms with Crippen LogP contribution in [0.15, 0.2) is 180 Å². The Kier molecular flexibility index (Phi) is 6.30. The Balaban J connectivity index is 1.12. The van der Waals surface area contributed by atoms with Gasteiger partial charge >= 0.3 is 0 Å². The molecule has 1 aliphatic carbocycles. The van der Waals surface area contributed by atoms with Gasteiger partial charge < -0.3 is 0 Å². The molecule has 0 unspecified atom stereocenters. The fourth-order valence-corrected chi connectivity index (χ4v) is 10.7. The largest absolute Gasteiger partial charge is 0.228 e. The molecule has 0 radical (unpaired) electrons. The molecular formula is C47H28N2S2. The molecule has 2 nitrogen and oxygen atoms in total. The highest BCUT2D eigenvalue weighted by atomic mass is 32.2. The second-order valence-electron chi connectivity index (χ2n) is 13.3. The molecule has 1 aliphatic heterocycles. The molecule has 238 valence electrons. The van der Waals surface area contributed by atoms with Crippen LogP contribution >= 0.6 is 23.1 Å². The highest BCUT2D eigenvalue weighted by Gasteiger charge is 2.50. The Morgan fingerprint density at radius 1 is 0.392 bits per heavy atom. The van der Waals surface area contributed by atoms with Gasteiger partial charge in [-0.2, -0.15) is 0 Å². The average Bonchev–Trinajstić information content (AvgIpc) is 3.72. The SMILES string of the molecule is c1ccc(-c2cc(-c3ccc4c(c3)sc3ccccc34)nc(-c3ccc4c(c3)Sc3ccccc3C43c4ccccc4-c4ccccc43)n2)cc1. The monoisotopic (exact) mass is 684 g/mol. The number of fused-ring (bicyclic) bond motifs is 12. The quantitative estimate of drug-likeness (QED) is 0.185. The molecule has 11 rings (SSSR count). The third kappa shape index (κ3) is 4.24. The van der Waals surface area contributed by atoms with Gasteiger partial charge in [0.15, 0.2) is 5.82 Å². The van der Waals surface area contributed by atoms with Gasteiger partial charge in [-0.15, -0.1) is 11.3 Å². The fraction of sp³-hybridized carbons (Fsp3) is 0.0213. The number of hydrogen-bond acceptors (Lipinski definition) is 4. The molecule has 2 aromatic heterocycles. The zero-order valence-electron chi connectivity index (χ0n) is 27.4. The lowest BCUT2D eigenvalue weighted by Crippen LogP contribution is -2.31. The lowest BCUT2D eigenvalue weighted by Gasteiger charge is -2.39. The first kappa shape index (κ1) is 29.0. The van der Waals surface area contributed by atoms with E-state index in [2.05, 4.69) is 170 Å². The Hall–Kier alpha value is -5.81. The average molecular weight is 685 g/mol. The molecule has 7 aromatic carbocycles. The topological polar surface area (TPSA) is 25.8 Å². The van der Waals surface area contributed by atoms with Crippen molar-refractivity contribution in [1.29, 1.82) is 0 Å². The normalized spacial score (nSPS) is 13.6. The van der Waals surface area contributed by atoms with E-state index in [0.717, 1.165) is 33.9 Å². The van der Waals surface area contributed by atoms with Gasteiger partial charge in [-0.3, -0.25) is 0 Å². The summed E-state index contributed by atoms with van der Waals surface area (Å²) < 4.78 is 2.57. The summed E-state index contributed by atoms with van der Waals surface area (Å²) in [5, 5.41) is 2.59. The molecule has 9 aromatic rings. The minimum atomic E-state index is -0.402. The van der Waals surface area contributed by atoms with E-state index in [-0.39, 0.29) is 0 Å². The van der Waals surface area contributed by atoms with Crippen molar-refractivity contribution in [2.24, 2.45) is 0 Å². The van der Waals surface area contributed by atoms with Gasteiger partial charge in [0, 0.05) is 46.7 Å². The van der Waals surface area contributed by atoms with Gasteiger partial charge in [0.2, 0.25) is 0 Å². The highest BCUT2D eigenvalue weighted by molar-refractivity contribution is 7.99. The zero-order chi connectivity index (χ0) is 33.5. The van der Waals surface area contributed by atoms with Crippen LogP contribution in [0.1, 0.15) is 22.3 Å². The molecular weight excluding hydrogens is 657 g/mol. The van der Waals surface area contributed by atoms with Crippen LogP contribution in [0.3, 0.4) is 0 Å². The summed E-state index contributed by atoms with van der Waals surface area (Å²) >= 11 is 3.69. The molecule has 1 spiro atoms. The van der Waals surface area contributed by atoms with Gasteiger partial charge in [0.1, 0.15) is 0 Å². The third-order valence-electron chi connectivity index (χ3n) is 10.6. The fourth-order valence-electron chi connectivity index (χ4n) is 8.37. The first-order valence-electron chi connectivity index (χ1n) is 17.2. The number of rotatable bonds is 3. The standard InChI is InChI=1S/C47H28N2S2/c1-2-12-29(13-3-1)40-28-41(30-22-24-35-34-16-6-10-20-42(34)50-44(35)26-30)49-46(48-40)31-23-25-39-45(27-31)51-43-21-11-9-19-38(43)47(39)36-17-7-4-14-32(36)33-15-5-8-18-37(33)47/h1-28H. The maximum Gasteiger partial charge on any atom is 0.160 e. The van der Waals surface area contributed by atoms with Crippen molar-refractivity contribution >= 4 is 43.3 Å². The molecule has 0 fully saturated rings. The maximum absolute atomic E-state index is 5.30. The number of thiophene rings is 1. The molecule has 0 saturated heterocycles. The summed E-state index contributed by atoms with van der Waals surface area (Å²) in [6, 6.07) is 61.7. The third-order valence-corrected chi connectivity index (χ3v) is 12.8. The van der Waals surface area contributed by atoms with E-state index in [4.69, 9.17) is 9.97 Å². The first-order valence-corrected chi connectivity index (χ1v) is 18.9. The van der Waals surface area contributed by atoms with E-state index >= 15 is 0 Å². The Morgan fingerprint density at radius 3 is 1.80 bits per heavy atom. The molecule has 0 saturated carbocycles. The summed E-state index contributed by atoms with van der Waals surface area (Å²) in [5.41, 5.74) is 12.6. The second kappa shape index (κ2) is 11.1. The predicted molar refractivity (Wildman–Crippen MR) is 213 cm³/mol. The van der Waals surface area contributed by atoms with E-state index in [1.807, 2.05) is 23.1 Å². The molecule has 0 atom stereocenters. The molecule has 3 heterocycles. The minimum Gasteiger partial charge on any atom is -0.228 e. The number of benzene rings is 7. The van der Waals surface area contributed by atoms with Gasteiger partial charge in [-0.1, -0.05) is 151 Å². The first-order chi connectivity index (χ1) is 25.3. The zero-order valence-corrected chi connectivity index (χ0v) is 29.0. The lowest BCUT2D eigenvalue weighted by atomic mass is 9.67. The smallest absolute Gasteiger partial charge is 0.160 e. The molecule has 4 heteroatoms. The predicted octanol–water partition coefficient (Wildman–Crippen LogP) is 12.7. The van der Waals surface area contributed by atoms with Gasteiger partial charge in [0.05, 0.1) is 16.8 Å². The van der Waals surface area contributed by atoms with Crippen molar-refractivity contribution in [3.8, 4) is 45.0 Å². The summed E-state index contributed by atoms with van der Waals surface area (Å²) in [6.07, 6.45) is 0. The van der Waals surface area contributed by atoms with Gasteiger partial charge in [-0.05, 0) is 63.7 Å². The lowest BCUT2D eigenvalue weighted by molar-refractivity contribution is 0.722. The molecule has 0 bridgehead atoms. The van der Waals surface area contributed by atoms with Crippen molar-refractivity contribution in [1.82, 2.24) is 9.97 Å². The van der Waals surface area contributed by atoms with Crippen LogP contribution in [0, 0.1) is 0 Å². The van der Waals surface area contributed by atoms with Crippen molar-refractivity contribution in [3.63, 3.8) is 0 Å². The van der Waals surface area contributed by atoms with Gasteiger partial charge in [-0.25, -0.2) is 9.97 Å². The van der Waals surface area contributed by atoms with Crippen LogP contribution in [0.5, 0.6) is 0 Å². The van der Waals surface area contributed by atoms with E-state index in [9.17, 15) is 0 Å². The Bertz CT molecular complexity index is 2810. The second-order valence-corrected chi connectivity index (χ2v) is 15.5. The van der Waals surface area contributed by atoms with Gasteiger partial charge in [0.25, 0.3) is 0 Å². The number of aromatic nitrogens is 2. The molecule has 51 heavy (non-hydrogen) atoms. The summed E-state index contributed by atoms with van der Waals surface area (Å²) in [5.74, 6) is 0.728. The summed E-state index contributed by atoms with van der Waals surface area (Å²) in [7, 11) is 0. The van der Waals surface area contributed by atoms with Crippen LogP contribution in [0.25, 0.3) is 65.2 Å². The molecule has 0 N–H and O–H groups in total. The van der Waals surface area contributed by atoms with Crippen molar-refractivity contribution in [2.75, 3.05) is 0 Å². The molecule has 2 aliphatic rings. The van der Waals surface area contributed by atoms with Crippen LogP contribution in [-0.4, -0.2) is 9.97 Å². The van der Waals surface area contributed by atoms with Crippen LogP contribution < -0.4 is 0 Å². The number of hydrogen-bond donors (Lipinski definition) is 0. The summed E-state index contributed by atoms with van der Waals surface area (Å²) in [6.45, 7) is 0. The highest BCUT2D eigenvalue weighted by Crippen LogP contribution is 2.62. The summed E-state index contributed by atoms with van der Waals surface area (Å²) in [4.78, 5) is 13.0. The van der Waals surface area contributed by atoms with E-state index in [1.54, 1.807) is 0 Å². The minimum absolute atomic E-state index is 0.402. The van der Waals surface area contributed by atoms with Crippen molar-refractivity contribution in [3.05, 3.63) is 192 Å². The van der Waals surface area contributed by atoms with E-state index in [0.29, 0.717) is 0 Å². The van der Waals surface area contributed by atoms with Crippen LogP contribution in [-0.2, 0) is 5.41 Å². The van der Waals surface area contributed by atoms with Crippen molar-refractivity contribution < 1.29 is 0 Å². The molecule has 0 amide bonds.